The molecule has 13 nitrogen and oxygen atoms in total. The maximum atomic E-state index is 12.8. The fraction of sp³-hybridized carbons (Fsp3) is 0.348. The minimum Gasteiger partial charge on any atom is -0.507 e. The smallest absolute Gasteiger partial charge is 0.238 e. The van der Waals surface area contributed by atoms with E-state index in [2.05, 4.69) is 0 Å². The van der Waals surface area contributed by atoms with Gasteiger partial charge in [0.15, 0.2) is 28.6 Å². The zero-order valence-electron chi connectivity index (χ0n) is 19.0. The summed E-state index contributed by atoms with van der Waals surface area (Å²) in [5.74, 6) is -2.46. The molecule has 1 aliphatic heterocycles. The molecule has 0 radical (unpaired) electrons. The van der Waals surface area contributed by atoms with Crippen LogP contribution in [0, 0.1) is 0 Å². The van der Waals surface area contributed by atoms with E-state index >= 15 is 0 Å². The molecule has 0 saturated carbocycles. The predicted molar refractivity (Wildman–Crippen MR) is 120 cm³/mol. The van der Waals surface area contributed by atoms with Gasteiger partial charge in [-0.05, 0) is 18.2 Å². The molecule has 5 atom stereocenters. The van der Waals surface area contributed by atoms with Crippen molar-refractivity contribution in [2.75, 3.05) is 20.8 Å². The van der Waals surface area contributed by atoms with Gasteiger partial charge in [0, 0.05) is 11.6 Å². The second kappa shape index (κ2) is 9.72. The first-order chi connectivity index (χ1) is 17.1. The Morgan fingerprint density at radius 3 is 2.25 bits per heavy atom. The van der Waals surface area contributed by atoms with Crippen LogP contribution in [0.25, 0.3) is 22.3 Å². The third kappa shape index (κ3) is 4.12. The quantitative estimate of drug-likeness (QED) is 0.230. The van der Waals surface area contributed by atoms with Gasteiger partial charge in [-0.1, -0.05) is 0 Å². The lowest BCUT2D eigenvalue weighted by Crippen LogP contribution is -2.60. The third-order valence-electron chi connectivity index (χ3n) is 5.78. The molecule has 2 aromatic carbocycles. The number of hydrogen-bond donors (Lipinski definition) is 7. The summed E-state index contributed by atoms with van der Waals surface area (Å²) in [5.41, 5.74) is -1.16. The van der Waals surface area contributed by atoms with Crippen LogP contribution in [0.4, 0.5) is 0 Å². The Kier molecular flexibility index (Phi) is 6.84. The van der Waals surface area contributed by atoms with Crippen LogP contribution in [-0.2, 0) is 4.74 Å². The van der Waals surface area contributed by atoms with E-state index < -0.39 is 60.0 Å². The van der Waals surface area contributed by atoms with Gasteiger partial charge >= 0.3 is 0 Å². The van der Waals surface area contributed by atoms with Crippen LogP contribution in [0.3, 0.4) is 0 Å². The van der Waals surface area contributed by atoms with Crippen molar-refractivity contribution >= 4 is 11.0 Å². The first kappa shape index (κ1) is 25.3. The number of benzene rings is 2. The van der Waals surface area contributed by atoms with E-state index in [1.807, 2.05) is 0 Å². The Labute approximate surface area is 202 Å². The summed E-state index contributed by atoms with van der Waals surface area (Å²) in [5, 5.41) is 70.1. The highest BCUT2D eigenvalue weighted by Crippen LogP contribution is 2.44. The topological polar surface area (TPSA) is 209 Å². The summed E-state index contributed by atoms with van der Waals surface area (Å²) < 4.78 is 26.8. The fourth-order valence-corrected chi connectivity index (χ4v) is 3.88. The van der Waals surface area contributed by atoms with E-state index in [-0.39, 0.29) is 39.5 Å². The number of aromatic hydroxyl groups is 3. The first-order valence-corrected chi connectivity index (χ1v) is 10.6. The number of phenolic OH excluding ortho intramolecular Hbond substituents is 2. The molecule has 1 aliphatic rings. The standard InChI is InChI=1S/C23H24O13/c1-32-12-6-10(26)14-16(28)18(30)20(36-22(14)21(12)33-2)8-3-4-11(9(25)5-8)34-23-19(31)17(29)15(27)13(7-24)35-23/h3-6,13,15,17,19,23-27,29-31H,7H2,1-2H3/t13?,15-,17?,19?,23-/m1/s1. The molecule has 2 heterocycles. The van der Waals surface area contributed by atoms with E-state index in [4.69, 9.17) is 23.4 Å². The maximum Gasteiger partial charge on any atom is 0.238 e. The Bertz CT molecular complexity index is 1330. The molecule has 1 fully saturated rings. The molecular weight excluding hydrogens is 484 g/mol. The summed E-state index contributed by atoms with van der Waals surface area (Å²) in [6.45, 7) is -0.667. The van der Waals surface area contributed by atoms with Crippen LogP contribution in [-0.4, -0.2) is 87.3 Å². The number of methoxy groups -OCH3 is 2. The van der Waals surface area contributed by atoms with Crippen molar-refractivity contribution in [2.24, 2.45) is 0 Å². The highest BCUT2D eigenvalue weighted by molar-refractivity contribution is 5.93. The Balaban J connectivity index is 1.74. The van der Waals surface area contributed by atoms with Crippen molar-refractivity contribution in [1.82, 2.24) is 0 Å². The molecule has 7 N–H and O–H groups in total. The van der Waals surface area contributed by atoms with E-state index in [0.29, 0.717) is 0 Å². The van der Waals surface area contributed by atoms with Crippen LogP contribution in [0.15, 0.2) is 33.5 Å². The normalized spacial score (nSPS) is 24.0. The molecule has 36 heavy (non-hydrogen) atoms. The number of ether oxygens (including phenoxy) is 4. The summed E-state index contributed by atoms with van der Waals surface area (Å²) in [6, 6.07) is 4.72. The van der Waals surface area contributed by atoms with Crippen LogP contribution in [0.2, 0.25) is 0 Å². The van der Waals surface area contributed by atoms with Crippen molar-refractivity contribution in [3.8, 4) is 45.8 Å². The zero-order chi connectivity index (χ0) is 26.3. The number of hydrogen-bond acceptors (Lipinski definition) is 13. The molecule has 0 aliphatic carbocycles. The molecule has 0 bridgehead atoms. The number of aliphatic hydroxyl groups excluding tert-OH is 4. The molecule has 0 amide bonds. The Morgan fingerprint density at radius 2 is 1.64 bits per heavy atom. The van der Waals surface area contributed by atoms with Crippen molar-refractivity contribution in [1.29, 1.82) is 0 Å². The number of aliphatic hydroxyl groups is 4. The first-order valence-electron chi connectivity index (χ1n) is 10.6. The summed E-state index contributed by atoms with van der Waals surface area (Å²) in [4.78, 5) is 12.8. The molecule has 4 rings (SSSR count). The second-order valence-electron chi connectivity index (χ2n) is 7.94. The zero-order valence-corrected chi connectivity index (χ0v) is 19.0. The molecule has 3 unspecified atom stereocenters. The summed E-state index contributed by atoms with van der Waals surface area (Å²) in [6.07, 6.45) is -7.75. The van der Waals surface area contributed by atoms with Crippen molar-refractivity contribution in [3.05, 3.63) is 34.5 Å². The molecule has 194 valence electrons. The van der Waals surface area contributed by atoms with Crippen molar-refractivity contribution in [2.45, 2.75) is 30.7 Å². The lowest BCUT2D eigenvalue weighted by atomic mass is 9.99. The van der Waals surface area contributed by atoms with Gasteiger partial charge in [-0.15, -0.1) is 0 Å². The largest absolute Gasteiger partial charge is 0.507 e. The van der Waals surface area contributed by atoms with Gasteiger partial charge in [0.1, 0.15) is 35.6 Å². The van der Waals surface area contributed by atoms with Crippen molar-refractivity contribution < 1.29 is 59.1 Å². The highest BCUT2D eigenvalue weighted by Gasteiger charge is 2.45. The van der Waals surface area contributed by atoms with E-state index in [0.717, 1.165) is 12.1 Å². The predicted octanol–water partition coefficient (Wildman–Crippen LogP) is -0.227. The van der Waals surface area contributed by atoms with Crippen molar-refractivity contribution in [3.63, 3.8) is 0 Å². The SMILES string of the molecule is COc1cc(O)c2c(=O)c(O)c(-c3ccc(O[C@@H]4OC(CO)[C@@H](O)C(O)C4O)c(O)c3)oc2c1OC. The van der Waals surface area contributed by atoms with Crippen LogP contribution >= 0.6 is 0 Å². The molecule has 0 spiro atoms. The van der Waals surface area contributed by atoms with Gasteiger partial charge < -0.3 is 59.1 Å². The number of fused-ring (bicyclic) bond motifs is 1. The third-order valence-corrected chi connectivity index (χ3v) is 5.78. The number of rotatable bonds is 6. The molecular formula is C23H24O13. The maximum absolute atomic E-state index is 12.8. The average molecular weight is 508 g/mol. The molecule has 3 aromatic rings. The molecule has 1 saturated heterocycles. The van der Waals surface area contributed by atoms with Gasteiger partial charge in [0.2, 0.25) is 23.2 Å². The fourth-order valence-electron chi connectivity index (χ4n) is 3.88. The van der Waals surface area contributed by atoms with Gasteiger partial charge in [-0.3, -0.25) is 4.79 Å². The van der Waals surface area contributed by atoms with Crippen LogP contribution in [0.5, 0.6) is 34.5 Å². The monoisotopic (exact) mass is 508 g/mol. The van der Waals surface area contributed by atoms with Gasteiger partial charge in [-0.2, -0.15) is 0 Å². The minimum absolute atomic E-state index is 0.0181. The Morgan fingerprint density at radius 1 is 0.917 bits per heavy atom. The van der Waals surface area contributed by atoms with Gasteiger partial charge in [-0.25, -0.2) is 0 Å². The lowest BCUT2D eigenvalue weighted by Gasteiger charge is -2.39. The minimum atomic E-state index is -1.71. The second-order valence-corrected chi connectivity index (χ2v) is 7.94. The van der Waals surface area contributed by atoms with Crippen LogP contribution in [0.1, 0.15) is 0 Å². The lowest BCUT2D eigenvalue weighted by molar-refractivity contribution is -0.277. The van der Waals surface area contributed by atoms with E-state index in [9.17, 15) is 40.5 Å². The highest BCUT2D eigenvalue weighted by atomic mass is 16.7. The van der Waals surface area contributed by atoms with E-state index in [1.54, 1.807) is 0 Å². The molecule has 13 heteroatoms. The van der Waals surface area contributed by atoms with E-state index in [1.165, 1.54) is 26.4 Å². The van der Waals surface area contributed by atoms with Gasteiger partial charge in [0.05, 0.1) is 20.8 Å². The summed E-state index contributed by atoms with van der Waals surface area (Å²) >= 11 is 0. The summed E-state index contributed by atoms with van der Waals surface area (Å²) in [7, 11) is 2.60. The average Bonchev–Trinajstić information content (AvgIpc) is 2.86. The molecule has 1 aromatic heterocycles. The van der Waals surface area contributed by atoms with Crippen LogP contribution < -0.4 is 19.6 Å². The Hall–Kier alpha value is -3.75. The van der Waals surface area contributed by atoms with Gasteiger partial charge in [0.25, 0.3) is 0 Å². The number of phenols is 2.